The molecule has 1 rings (SSSR count). The highest BCUT2D eigenvalue weighted by Crippen LogP contribution is 2.13. The summed E-state index contributed by atoms with van der Waals surface area (Å²) in [5.41, 5.74) is 17.2. The molecule has 13 heteroatoms. The van der Waals surface area contributed by atoms with Crippen molar-refractivity contribution in [2.45, 2.75) is 77.5 Å². The molecule has 0 radical (unpaired) electrons. The van der Waals surface area contributed by atoms with E-state index in [0.29, 0.717) is 18.5 Å². The first kappa shape index (κ1) is 33.2. The van der Waals surface area contributed by atoms with Crippen molar-refractivity contribution >= 4 is 29.7 Å². The Morgan fingerprint density at radius 2 is 1.49 bits per heavy atom. The fourth-order valence-electron chi connectivity index (χ4n) is 3.75. The van der Waals surface area contributed by atoms with Gasteiger partial charge in [0.15, 0.2) is 5.96 Å². The predicted molar refractivity (Wildman–Crippen MR) is 147 cm³/mol. The van der Waals surface area contributed by atoms with E-state index < -0.39 is 47.9 Å². The molecule has 13 nitrogen and oxygen atoms in total. The average Bonchev–Trinajstić information content (AvgIpc) is 2.84. The van der Waals surface area contributed by atoms with Crippen molar-refractivity contribution in [3.8, 4) is 5.75 Å². The molecular formula is C26H43N7O6. The van der Waals surface area contributed by atoms with E-state index in [1.165, 1.54) is 12.1 Å². The van der Waals surface area contributed by atoms with Crippen molar-refractivity contribution in [1.82, 2.24) is 16.0 Å². The van der Waals surface area contributed by atoms with Crippen LogP contribution in [-0.2, 0) is 25.6 Å². The fraction of sp³-hybridized carbons (Fsp3) is 0.577. The number of phenols is 1. The Balaban J connectivity index is 3.06. The number of nitrogens with two attached hydrogens (primary N) is 3. The van der Waals surface area contributed by atoms with E-state index in [1.807, 2.05) is 13.8 Å². The number of benzene rings is 1. The zero-order valence-corrected chi connectivity index (χ0v) is 23.0. The van der Waals surface area contributed by atoms with Crippen LogP contribution in [0.15, 0.2) is 29.3 Å². The lowest BCUT2D eigenvalue weighted by molar-refractivity contribution is -0.143. The number of hydrogen-bond donors (Lipinski definition) is 8. The Kier molecular flexibility index (Phi) is 13.7. The summed E-state index contributed by atoms with van der Waals surface area (Å²) in [7, 11) is 0. The quantitative estimate of drug-likeness (QED) is 0.0756. The molecule has 0 heterocycles. The van der Waals surface area contributed by atoms with Crippen molar-refractivity contribution in [3.63, 3.8) is 0 Å². The molecule has 218 valence electrons. The minimum atomic E-state index is -1.17. The molecule has 0 aliphatic carbocycles. The van der Waals surface area contributed by atoms with Gasteiger partial charge in [-0.2, -0.15) is 0 Å². The SMILES string of the molecule is CC(C)CC(NC(=O)C(NC(=O)C(Cc1ccc(O)cc1)NC(=O)C(N)CCCN=C(N)N)C(C)C)C(=O)O. The summed E-state index contributed by atoms with van der Waals surface area (Å²) in [6, 6.07) is 1.90. The van der Waals surface area contributed by atoms with Crippen LogP contribution in [-0.4, -0.2) is 70.6 Å². The number of aromatic hydroxyl groups is 1. The highest BCUT2D eigenvalue weighted by molar-refractivity contribution is 5.94. The van der Waals surface area contributed by atoms with Gasteiger partial charge in [0.05, 0.1) is 6.04 Å². The van der Waals surface area contributed by atoms with Gasteiger partial charge in [-0.15, -0.1) is 0 Å². The van der Waals surface area contributed by atoms with E-state index in [-0.39, 0.29) is 42.8 Å². The molecule has 0 aromatic heterocycles. The third-order valence-electron chi connectivity index (χ3n) is 5.88. The number of carboxylic acids is 1. The first-order valence-electron chi connectivity index (χ1n) is 12.9. The van der Waals surface area contributed by atoms with E-state index in [4.69, 9.17) is 17.2 Å². The lowest BCUT2D eigenvalue weighted by Crippen LogP contribution is -2.59. The van der Waals surface area contributed by atoms with Gasteiger partial charge in [0.25, 0.3) is 0 Å². The number of carboxylic acid groups (broad SMARTS) is 1. The highest BCUT2D eigenvalue weighted by Gasteiger charge is 2.32. The molecule has 1 aromatic rings. The molecule has 0 saturated heterocycles. The number of nitrogens with one attached hydrogen (secondary N) is 3. The first-order valence-corrected chi connectivity index (χ1v) is 12.9. The van der Waals surface area contributed by atoms with Gasteiger partial charge in [-0.3, -0.25) is 19.4 Å². The topological polar surface area (TPSA) is 235 Å². The smallest absolute Gasteiger partial charge is 0.326 e. The van der Waals surface area contributed by atoms with Crippen LogP contribution < -0.4 is 33.2 Å². The van der Waals surface area contributed by atoms with Crippen LogP contribution in [0.3, 0.4) is 0 Å². The lowest BCUT2D eigenvalue weighted by atomic mass is 9.99. The van der Waals surface area contributed by atoms with Gasteiger partial charge in [0, 0.05) is 13.0 Å². The zero-order chi connectivity index (χ0) is 29.7. The highest BCUT2D eigenvalue weighted by atomic mass is 16.4. The maximum atomic E-state index is 13.4. The van der Waals surface area contributed by atoms with E-state index in [0.717, 1.165) is 0 Å². The standard InChI is InChI=1S/C26H43N7O6/c1-14(2)12-20(25(38)39)32-24(37)21(15(3)4)33-23(36)19(13-16-7-9-17(34)10-8-16)31-22(35)18(27)6-5-11-30-26(28)29/h7-10,14-15,18-21,34H,5-6,11-13,27H2,1-4H3,(H,31,35)(H,32,37)(H,33,36)(H,38,39)(H4,28,29,30). The van der Waals surface area contributed by atoms with E-state index in [9.17, 15) is 29.4 Å². The number of rotatable bonds is 16. The normalized spacial score (nSPS) is 14.1. The van der Waals surface area contributed by atoms with Gasteiger partial charge in [-0.05, 0) is 48.8 Å². The molecule has 0 spiro atoms. The van der Waals surface area contributed by atoms with Gasteiger partial charge in [-0.1, -0.05) is 39.8 Å². The van der Waals surface area contributed by atoms with Gasteiger partial charge < -0.3 is 43.4 Å². The number of carbonyl (C=O) groups is 4. The number of phenolic OH excluding ortho intramolecular Hbond substituents is 1. The number of aliphatic imine (C=N–C) groups is 1. The summed E-state index contributed by atoms with van der Waals surface area (Å²) in [4.78, 5) is 54.7. The molecule has 0 aliphatic rings. The summed E-state index contributed by atoms with van der Waals surface area (Å²) < 4.78 is 0. The minimum Gasteiger partial charge on any atom is -0.508 e. The minimum absolute atomic E-state index is 0.0204. The molecule has 0 saturated carbocycles. The Labute approximate surface area is 229 Å². The predicted octanol–water partition coefficient (Wildman–Crippen LogP) is -0.443. The van der Waals surface area contributed by atoms with Crippen LogP contribution in [0.25, 0.3) is 0 Å². The molecule has 0 bridgehead atoms. The second-order valence-electron chi connectivity index (χ2n) is 10.2. The maximum absolute atomic E-state index is 13.4. The maximum Gasteiger partial charge on any atom is 0.326 e. The number of nitrogens with zero attached hydrogens (tertiary/aromatic N) is 1. The Morgan fingerprint density at radius 1 is 0.897 bits per heavy atom. The summed E-state index contributed by atoms with van der Waals surface area (Å²) in [6.07, 6.45) is 0.980. The van der Waals surface area contributed by atoms with E-state index >= 15 is 0 Å². The molecule has 0 fully saturated rings. The van der Waals surface area contributed by atoms with Crippen molar-refractivity contribution in [2.24, 2.45) is 34.0 Å². The van der Waals surface area contributed by atoms with Crippen LogP contribution in [0.4, 0.5) is 0 Å². The van der Waals surface area contributed by atoms with Crippen LogP contribution in [0.5, 0.6) is 5.75 Å². The zero-order valence-electron chi connectivity index (χ0n) is 23.0. The Hall–Kier alpha value is -3.87. The molecule has 39 heavy (non-hydrogen) atoms. The van der Waals surface area contributed by atoms with Crippen molar-refractivity contribution in [3.05, 3.63) is 29.8 Å². The second-order valence-corrected chi connectivity index (χ2v) is 10.2. The van der Waals surface area contributed by atoms with Crippen LogP contribution in [0.2, 0.25) is 0 Å². The molecular weight excluding hydrogens is 506 g/mol. The summed E-state index contributed by atoms with van der Waals surface area (Å²) in [5, 5.41) is 26.9. The number of amides is 3. The Bertz CT molecular complexity index is 993. The molecule has 0 aliphatic heterocycles. The Morgan fingerprint density at radius 3 is 2.00 bits per heavy atom. The largest absolute Gasteiger partial charge is 0.508 e. The molecule has 4 atom stereocenters. The third kappa shape index (κ3) is 12.5. The third-order valence-corrected chi connectivity index (χ3v) is 5.88. The van der Waals surface area contributed by atoms with E-state index in [2.05, 4.69) is 20.9 Å². The number of carbonyl (C=O) groups excluding carboxylic acids is 3. The lowest BCUT2D eigenvalue weighted by Gasteiger charge is -2.27. The fourth-order valence-corrected chi connectivity index (χ4v) is 3.75. The summed E-state index contributed by atoms with van der Waals surface area (Å²) >= 11 is 0. The average molecular weight is 550 g/mol. The van der Waals surface area contributed by atoms with Crippen molar-refractivity contribution in [1.29, 1.82) is 0 Å². The monoisotopic (exact) mass is 549 g/mol. The number of guanidine groups is 1. The van der Waals surface area contributed by atoms with Gasteiger partial charge in [0.1, 0.15) is 23.9 Å². The molecule has 11 N–H and O–H groups in total. The van der Waals surface area contributed by atoms with Crippen LogP contribution >= 0.6 is 0 Å². The molecule has 3 amide bonds. The molecule has 4 unspecified atom stereocenters. The van der Waals surface area contributed by atoms with Crippen molar-refractivity contribution < 1.29 is 29.4 Å². The summed E-state index contributed by atoms with van der Waals surface area (Å²) in [6.45, 7) is 7.39. The van der Waals surface area contributed by atoms with Gasteiger partial charge in [-0.25, -0.2) is 4.79 Å². The van der Waals surface area contributed by atoms with Gasteiger partial charge >= 0.3 is 5.97 Å². The second kappa shape index (κ2) is 16.2. The van der Waals surface area contributed by atoms with Gasteiger partial charge in [0.2, 0.25) is 17.7 Å². The summed E-state index contributed by atoms with van der Waals surface area (Å²) in [5.74, 6) is -3.42. The van der Waals surface area contributed by atoms with E-state index in [1.54, 1.807) is 26.0 Å². The van der Waals surface area contributed by atoms with Crippen molar-refractivity contribution in [2.75, 3.05) is 6.54 Å². The first-order chi connectivity index (χ1) is 18.2. The van der Waals surface area contributed by atoms with Crippen LogP contribution in [0, 0.1) is 11.8 Å². The molecule has 1 aromatic carbocycles. The number of hydrogen-bond acceptors (Lipinski definition) is 7. The number of aliphatic carboxylic acids is 1. The van der Waals surface area contributed by atoms with Crippen LogP contribution in [0.1, 0.15) is 52.5 Å².